The lowest BCUT2D eigenvalue weighted by atomic mass is 10.1. The average molecular weight is 366 g/mol. The molecule has 0 spiro atoms. The molecule has 0 saturated heterocycles. The van der Waals surface area contributed by atoms with Crippen LogP contribution in [0, 0.1) is 5.82 Å². The molecule has 0 saturated carbocycles. The van der Waals surface area contributed by atoms with Crippen molar-refractivity contribution < 1.29 is 13.9 Å². The molecule has 2 rings (SSSR count). The third-order valence-electron chi connectivity index (χ3n) is 3.33. The van der Waals surface area contributed by atoms with E-state index < -0.39 is 5.82 Å². The van der Waals surface area contributed by atoms with E-state index in [1.807, 2.05) is 31.2 Å². The zero-order valence-electron chi connectivity index (χ0n) is 12.4. The number of nitrogens with one attached hydrogen (secondary N) is 1. The monoisotopic (exact) mass is 365 g/mol. The average Bonchev–Trinajstić information content (AvgIpc) is 2.49. The van der Waals surface area contributed by atoms with Crippen molar-refractivity contribution in [3.8, 4) is 5.75 Å². The standard InChI is InChI=1S/C17H17BrFNO2/c1-11(13-5-8-16(22-2)15(19)10-13)20-17(21)9-12-3-6-14(18)7-4-12/h3-8,10-11H,9H2,1-2H3,(H,20,21)/t11-/m1/s1. The van der Waals surface area contributed by atoms with Gasteiger partial charge in [-0.15, -0.1) is 0 Å². The summed E-state index contributed by atoms with van der Waals surface area (Å²) >= 11 is 3.35. The lowest BCUT2D eigenvalue weighted by Crippen LogP contribution is -2.28. The van der Waals surface area contributed by atoms with Crippen LogP contribution in [0.3, 0.4) is 0 Å². The third-order valence-corrected chi connectivity index (χ3v) is 3.86. The van der Waals surface area contributed by atoms with Crippen molar-refractivity contribution >= 4 is 21.8 Å². The third kappa shape index (κ3) is 4.31. The van der Waals surface area contributed by atoms with Crippen molar-refractivity contribution in [3.63, 3.8) is 0 Å². The summed E-state index contributed by atoms with van der Waals surface area (Å²) in [6.07, 6.45) is 0.288. The van der Waals surface area contributed by atoms with Crippen molar-refractivity contribution in [3.05, 3.63) is 63.9 Å². The van der Waals surface area contributed by atoms with Gasteiger partial charge in [0.05, 0.1) is 19.6 Å². The van der Waals surface area contributed by atoms with Crippen LogP contribution in [0.25, 0.3) is 0 Å². The minimum atomic E-state index is -0.436. The fraction of sp³-hybridized carbons (Fsp3) is 0.235. The van der Waals surface area contributed by atoms with E-state index in [9.17, 15) is 9.18 Å². The summed E-state index contributed by atoms with van der Waals surface area (Å²) < 4.78 is 19.5. The summed E-state index contributed by atoms with van der Waals surface area (Å²) in [5.41, 5.74) is 1.62. The number of carbonyl (C=O) groups is 1. The maximum Gasteiger partial charge on any atom is 0.224 e. The second kappa shape index (κ2) is 7.40. The zero-order valence-corrected chi connectivity index (χ0v) is 14.0. The molecule has 1 amide bonds. The van der Waals surface area contributed by atoms with Crippen molar-refractivity contribution in [2.75, 3.05) is 7.11 Å². The summed E-state index contributed by atoms with van der Waals surface area (Å²) in [5.74, 6) is -0.350. The molecule has 22 heavy (non-hydrogen) atoms. The minimum Gasteiger partial charge on any atom is -0.494 e. The maximum absolute atomic E-state index is 13.7. The molecule has 0 aromatic heterocycles. The van der Waals surface area contributed by atoms with Crippen LogP contribution in [0.15, 0.2) is 46.9 Å². The van der Waals surface area contributed by atoms with Gasteiger partial charge in [0.2, 0.25) is 5.91 Å². The van der Waals surface area contributed by atoms with Crippen molar-refractivity contribution in [1.29, 1.82) is 0 Å². The second-order valence-corrected chi connectivity index (χ2v) is 5.90. The largest absolute Gasteiger partial charge is 0.494 e. The zero-order chi connectivity index (χ0) is 16.1. The van der Waals surface area contributed by atoms with Gasteiger partial charge in [-0.3, -0.25) is 4.79 Å². The highest BCUT2D eigenvalue weighted by Gasteiger charge is 2.12. The molecule has 1 N–H and O–H groups in total. The van der Waals surface area contributed by atoms with Crippen LogP contribution >= 0.6 is 15.9 Å². The van der Waals surface area contributed by atoms with E-state index in [1.54, 1.807) is 12.1 Å². The van der Waals surface area contributed by atoms with Gasteiger partial charge in [-0.1, -0.05) is 34.1 Å². The van der Waals surface area contributed by atoms with Crippen LogP contribution in [-0.4, -0.2) is 13.0 Å². The second-order valence-electron chi connectivity index (χ2n) is 4.99. The highest BCUT2D eigenvalue weighted by molar-refractivity contribution is 9.10. The number of halogens is 2. The van der Waals surface area contributed by atoms with Gasteiger partial charge in [-0.2, -0.15) is 0 Å². The predicted molar refractivity (Wildman–Crippen MR) is 87.4 cm³/mol. The van der Waals surface area contributed by atoms with Gasteiger partial charge in [0, 0.05) is 4.47 Å². The number of amides is 1. The normalized spacial score (nSPS) is 11.8. The number of rotatable bonds is 5. The lowest BCUT2D eigenvalue weighted by Gasteiger charge is -2.15. The summed E-state index contributed by atoms with van der Waals surface area (Å²) in [6, 6.07) is 12.0. The Morgan fingerprint density at radius 3 is 2.55 bits per heavy atom. The molecule has 0 heterocycles. The van der Waals surface area contributed by atoms with Gasteiger partial charge in [-0.25, -0.2) is 4.39 Å². The van der Waals surface area contributed by atoms with Crippen LogP contribution in [0.4, 0.5) is 4.39 Å². The SMILES string of the molecule is COc1ccc([C@@H](C)NC(=O)Cc2ccc(Br)cc2)cc1F. The Hall–Kier alpha value is -1.88. The van der Waals surface area contributed by atoms with E-state index >= 15 is 0 Å². The molecule has 3 nitrogen and oxygen atoms in total. The maximum atomic E-state index is 13.7. The van der Waals surface area contributed by atoms with Crippen LogP contribution in [-0.2, 0) is 11.2 Å². The van der Waals surface area contributed by atoms with E-state index in [1.165, 1.54) is 13.2 Å². The van der Waals surface area contributed by atoms with Gasteiger partial charge >= 0.3 is 0 Å². The topological polar surface area (TPSA) is 38.3 Å². The first-order valence-corrected chi connectivity index (χ1v) is 7.66. The summed E-state index contributed by atoms with van der Waals surface area (Å²) in [6.45, 7) is 1.82. The number of ether oxygens (including phenoxy) is 1. The highest BCUT2D eigenvalue weighted by Crippen LogP contribution is 2.21. The Morgan fingerprint density at radius 1 is 1.27 bits per heavy atom. The molecular weight excluding hydrogens is 349 g/mol. The molecule has 0 aliphatic carbocycles. The van der Waals surface area contributed by atoms with Crippen LogP contribution in [0.1, 0.15) is 24.1 Å². The Bertz CT molecular complexity index is 658. The number of methoxy groups -OCH3 is 1. The first kappa shape index (κ1) is 16.5. The van der Waals surface area contributed by atoms with Gasteiger partial charge in [0.25, 0.3) is 0 Å². The minimum absolute atomic E-state index is 0.106. The smallest absolute Gasteiger partial charge is 0.224 e. The number of carbonyl (C=O) groups excluding carboxylic acids is 1. The molecule has 0 radical (unpaired) electrons. The molecule has 0 aliphatic rings. The van der Waals surface area contributed by atoms with Gasteiger partial charge in [-0.05, 0) is 42.3 Å². The van der Waals surface area contributed by atoms with Crippen LogP contribution < -0.4 is 10.1 Å². The number of hydrogen-bond donors (Lipinski definition) is 1. The van der Waals surface area contributed by atoms with Crippen LogP contribution in [0.5, 0.6) is 5.75 Å². The van der Waals surface area contributed by atoms with E-state index in [0.29, 0.717) is 5.56 Å². The highest BCUT2D eigenvalue weighted by atomic mass is 79.9. The Labute approximate surface area is 137 Å². The van der Waals surface area contributed by atoms with Crippen LogP contribution in [0.2, 0.25) is 0 Å². The molecule has 1 atom stereocenters. The predicted octanol–water partition coefficient (Wildman–Crippen LogP) is 4.02. The Morgan fingerprint density at radius 2 is 1.95 bits per heavy atom. The number of benzene rings is 2. The lowest BCUT2D eigenvalue weighted by molar-refractivity contribution is -0.121. The first-order chi connectivity index (χ1) is 10.5. The molecule has 0 aliphatic heterocycles. The van der Waals surface area contributed by atoms with Crippen molar-refractivity contribution in [2.24, 2.45) is 0 Å². The van der Waals surface area contributed by atoms with E-state index in [-0.39, 0.29) is 24.1 Å². The molecule has 0 unspecified atom stereocenters. The molecule has 116 valence electrons. The first-order valence-electron chi connectivity index (χ1n) is 6.87. The van der Waals surface area contributed by atoms with Gasteiger partial charge in [0.1, 0.15) is 0 Å². The molecule has 5 heteroatoms. The van der Waals surface area contributed by atoms with E-state index in [2.05, 4.69) is 21.2 Å². The van der Waals surface area contributed by atoms with Gasteiger partial charge in [0.15, 0.2) is 11.6 Å². The van der Waals surface area contributed by atoms with Crippen molar-refractivity contribution in [2.45, 2.75) is 19.4 Å². The molecule has 2 aromatic carbocycles. The van der Waals surface area contributed by atoms with Gasteiger partial charge < -0.3 is 10.1 Å². The molecule has 0 fully saturated rings. The van der Waals surface area contributed by atoms with Crippen molar-refractivity contribution in [1.82, 2.24) is 5.32 Å². The summed E-state index contributed by atoms with van der Waals surface area (Å²) in [4.78, 5) is 12.0. The quantitative estimate of drug-likeness (QED) is 0.868. The fourth-order valence-electron chi connectivity index (χ4n) is 2.12. The Balaban J connectivity index is 1.98. The molecule has 2 aromatic rings. The van der Waals surface area contributed by atoms with E-state index in [0.717, 1.165) is 10.0 Å². The fourth-order valence-corrected chi connectivity index (χ4v) is 2.38. The summed E-state index contributed by atoms with van der Waals surface area (Å²) in [7, 11) is 1.42. The van der Waals surface area contributed by atoms with E-state index in [4.69, 9.17) is 4.74 Å². The number of hydrogen-bond acceptors (Lipinski definition) is 2. The molecular formula is C17H17BrFNO2. The summed E-state index contributed by atoms with van der Waals surface area (Å²) in [5, 5.41) is 2.87. The Kier molecular flexibility index (Phi) is 5.55. The molecule has 0 bridgehead atoms.